The molecule has 0 atom stereocenters. The second-order valence-corrected chi connectivity index (χ2v) is 12.4. The van der Waals surface area contributed by atoms with Crippen molar-refractivity contribution in [1.82, 2.24) is 0 Å². The average Bonchev–Trinajstić information content (AvgIpc) is 2.61. The van der Waals surface area contributed by atoms with Crippen LogP contribution in [0.2, 0.25) is 0 Å². The average molecular weight is 491 g/mol. The first-order chi connectivity index (χ1) is 15.7. The zero-order chi connectivity index (χ0) is 27.0. The van der Waals surface area contributed by atoms with Crippen LogP contribution in [0.1, 0.15) is 83.1 Å². The van der Waals surface area contributed by atoms with Gasteiger partial charge in [-0.15, -0.1) is 0 Å². The minimum absolute atomic E-state index is 0.0693. The van der Waals surface area contributed by atoms with Crippen molar-refractivity contribution in [3.05, 3.63) is 24.3 Å². The highest BCUT2D eigenvalue weighted by Gasteiger charge is 2.30. The molecule has 0 unspecified atom stereocenters. The molecule has 35 heavy (non-hydrogen) atoms. The highest BCUT2D eigenvalue weighted by molar-refractivity contribution is 5.63. The van der Waals surface area contributed by atoms with Gasteiger partial charge in [0.05, 0.1) is 0 Å². The van der Waals surface area contributed by atoms with Crippen LogP contribution in [0.5, 0.6) is 46.0 Å². The summed E-state index contributed by atoms with van der Waals surface area (Å²) in [5, 5.41) is 21.2. The fourth-order valence-electron chi connectivity index (χ4n) is 2.96. The molecule has 196 valence electrons. The monoisotopic (exact) mass is 490 g/mol. The SMILES string of the molecule is CC(C)(C)Oc1c(O)ccc(Oc2ccc(O)c(OC(C)(C)C)c2OC(C)(C)C)c1OC(C)(C)C. The van der Waals surface area contributed by atoms with Gasteiger partial charge >= 0.3 is 0 Å². The molecule has 2 aromatic rings. The summed E-state index contributed by atoms with van der Waals surface area (Å²) in [7, 11) is 0. The van der Waals surface area contributed by atoms with Gasteiger partial charge in [0, 0.05) is 0 Å². The lowest BCUT2D eigenvalue weighted by molar-refractivity contribution is 0.0860. The number of hydrogen-bond acceptors (Lipinski definition) is 7. The maximum Gasteiger partial charge on any atom is 0.208 e. The fourth-order valence-corrected chi connectivity index (χ4v) is 2.96. The van der Waals surface area contributed by atoms with Crippen molar-refractivity contribution in [2.45, 2.75) is 105 Å². The van der Waals surface area contributed by atoms with Crippen LogP contribution in [0, 0.1) is 0 Å². The smallest absolute Gasteiger partial charge is 0.208 e. The fraction of sp³-hybridized carbons (Fsp3) is 0.571. The molecule has 2 aromatic carbocycles. The van der Waals surface area contributed by atoms with Crippen molar-refractivity contribution in [3.63, 3.8) is 0 Å². The molecule has 0 radical (unpaired) electrons. The van der Waals surface area contributed by atoms with E-state index in [0.29, 0.717) is 11.5 Å². The second-order valence-electron chi connectivity index (χ2n) is 12.4. The van der Waals surface area contributed by atoms with E-state index in [9.17, 15) is 10.2 Å². The van der Waals surface area contributed by atoms with Crippen molar-refractivity contribution in [2.24, 2.45) is 0 Å². The van der Waals surface area contributed by atoms with Gasteiger partial charge < -0.3 is 33.9 Å². The molecule has 0 aliphatic heterocycles. The minimum Gasteiger partial charge on any atom is -0.504 e. The van der Waals surface area contributed by atoms with E-state index in [1.165, 1.54) is 12.1 Å². The largest absolute Gasteiger partial charge is 0.504 e. The maximum atomic E-state index is 10.6. The molecule has 2 rings (SSSR count). The van der Waals surface area contributed by atoms with Crippen molar-refractivity contribution in [2.75, 3.05) is 0 Å². The molecule has 0 spiro atoms. The molecular weight excluding hydrogens is 448 g/mol. The van der Waals surface area contributed by atoms with Gasteiger partial charge in [0.1, 0.15) is 22.4 Å². The lowest BCUT2D eigenvalue weighted by Crippen LogP contribution is -2.27. The minimum atomic E-state index is -0.609. The molecule has 7 nitrogen and oxygen atoms in total. The summed E-state index contributed by atoms with van der Waals surface area (Å²) in [5.41, 5.74) is -2.41. The van der Waals surface area contributed by atoms with E-state index < -0.39 is 22.4 Å². The maximum absolute atomic E-state index is 10.6. The molecule has 7 heteroatoms. The summed E-state index contributed by atoms with van der Waals surface area (Å²) in [6.07, 6.45) is 0. The number of aromatic hydroxyl groups is 2. The van der Waals surface area contributed by atoms with E-state index in [-0.39, 0.29) is 34.5 Å². The van der Waals surface area contributed by atoms with Gasteiger partial charge in [-0.3, -0.25) is 0 Å². The van der Waals surface area contributed by atoms with Gasteiger partial charge in [-0.25, -0.2) is 0 Å². The molecule has 0 aliphatic rings. The lowest BCUT2D eigenvalue weighted by Gasteiger charge is -2.30. The third kappa shape index (κ3) is 8.64. The summed E-state index contributed by atoms with van der Waals surface area (Å²) in [6.45, 7) is 22.7. The number of benzene rings is 2. The Hall–Kier alpha value is -2.96. The first-order valence-electron chi connectivity index (χ1n) is 11.8. The van der Waals surface area contributed by atoms with E-state index in [1.807, 2.05) is 83.1 Å². The number of rotatable bonds is 6. The highest BCUT2D eigenvalue weighted by atomic mass is 16.6. The molecule has 0 aliphatic carbocycles. The first kappa shape index (κ1) is 28.3. The molecular formula is C28H42O7. The Morgan fingerprint density at radius 3 is 0.943 bits per heavy atom. The summed E-state index contributed by atoms with van der Waals surface area (Å²) in [5.74, 6) is 1.33. The van der Waals surface area contributed by atoms with Crippen LogP contribution in [-0.2, 0) is 0 Å². The van der Waals surface area contributed by atoms with Crippen molar-refractivity contribution < 1.29 is 33.9 Å². The lowest BCUT2D eigenvalue weighted by atomic mass is 10.1. The molecule has 0 amide bonds. The van der Waals surface area contributed by atoms with Crippen molar-refractivity contribution in [3.8, 4) is 46.0 Å². The zero-order valence-corrected chi connectivity index (χ0v) is 23.2. The molecule has 0 heterocycles. The van der Waals surface area contributed by atoms with Crippen LogP contribution >= 0.6 is 0 Å². The number of phenols is 2. The number of phenolic OH excluding ortho intramolecular Hbond substituents is 2. The Morgan fingerprint density at radius 1 is 0.429 bits per heavy atom. The van der Waals surface area contributed by atoms with Gasteiger partial charge in [-0.2, -0.15) is 0 Å². The van der Waals surface area contributed by atoms with E-state index in [1.54, 1.807) is 12.1 Å². The van der Waals surface area contributed by atoms with Crippen molar-refractivity contribution in [1.29, 1.82) is 0 Å². The standard InChI is InChI=1S/C28H42O7/c1-25(2,3)32-21-17(29)13-15-19(23(21)34-27(7,8)9)31-20-16-14-18(30)22(33-26(4,5)6)24(20)35-28(10,11)12/h13-16,29-30H,1-12H3. The summed E-state index contributed by atoms with van der Waals surface area (Å²) in [4.78, 5) is 0. The third-order valence-electron chi connectivity index (χ3n) is 3.96. The predicted octanol–water partition coefficient (Wildman–Crippen LogP) is 7.60. The van der Waals surface area contributed by atoms with Crippen LogP contribution in [-0.4, -0.2) is 32.6 Å². The van der Waals surface area contributed by atoms with Crippen molar-refractivity contribution >= 4 is 0 Å². The van der Waals surface area contributed by atoms with Crippen LogP contribution < -0.4 is 23.7 Å². The first-order valence-corrected chi connectivity index (χ1v) is 11.8. The van der Waals surface area contributed by atoms with Gasteiger partial charge in [-0.05, 0) is 107 Å². The summed E-state index contributed by atoms with van der Waals surface area (Å²) in [6, 6.07) is 6.18. The Kier molecular flexibility index (Phi) is 7.75. The van der Waals surface area contributed by atoms with Gasteiger partial charge in [-0.1, -0.05) is 0 Å². The molecule has 0 saturated carbocycles. The Labute approximate surface area is 209 Å². The summed E-state index contributed by atoms with van der Waals surface area (Å²) >= 11 is 0. The van der Waals surface area contributed by atoms with E-state index in [4.69, 9.17) is 23.7 Å². The molecule has 0 bridgehead atoms. The van der Waals surface area contributed by atoms with Crippen LogP contribution in [0.15, 0.2) is 24.3 Å². The quantitative estimate of drug-likeness (QED) is 0.431. The van der Waals surface area contributed by atoms with Gasteiger partial charge in [0.15, 0.2) is 23.0 Å². The van der Waals surface area contributed by atoms with Crippen LogP contribution in [0.4, 0.5) is 0 Å². The highest BCUT2D eigenvalue weighted by Crippen LogP contribution is 2.52. The van der Waals surface area contributed by atoms with Gasteiger partial charge in [0.2, 0.25) is 23.0 Å². The predicted molar refractivity (Wildman–Crippen MR) is 138 cm³/mol. The van der Waals surface area contributed by atoms with Crippen LogP contribution in [0.25, 0.3) is 0 Å². The third-order valence-corrected chi connectivity index (χ3v) is 3.96. The molecule has 2 N–H and O–H groups in total. The molecule has 0 fully saturated rings. The summed E-state index contributed by atoms with van der Waals surface area (Å²) < 4.78 is 30.8. The van der Waals surface area contributed by atoms with Gasteiger partial charge in [0.25, 0.3) is 0 Å². The second kappa shape index (κ2) is 9.59. The normalized spacial score (nSPS) is 12.8. The molecule has 0 aromatic heterocycles. The topological polar surface area (TPSA) is 86.6 Å². The van der Waals surface area contributed by atoms with E-state index in [2.05, 4.69) is 0 Å². The van der Waals surface area contributed by atoms with E-state index >= 15 is 0 Å². The van der Waals surface area contributed by atoms with E-state index in [0.717, 1.165) is 0 Å². The number of hydrogen-bond donors (Lipinski definition) is 2. The Balaban J connectivity index is 2.73. The molecule has 0 saturated heterocycles. The Bertz CT molecular complexity index is 946. The number of ether oxygens (including phenoxy) is 5. The van der Waals surface area contributed by atoms with Crippen LogP contribution in [0.3, 0.4) is 0 Å². The Morgan fingerprint density at radius 2 is 0.686 bits per heavy atom. The zero-order valence-electron chi connectivity index (χ0n) is 23.2.